The smallest absolute Gasteiger partial charge is 0.268 e. The van der Waals surface area contributed by atoms with Crippen LogP contribution in [0.25, 0.3) is 0 Å². The van der Waals surface area contributed by atoms with E-state index in [9.17, 15) is 18.4 Å². The molecule has 109 valence electrons. The van der Waals surface area contributed by atoms with Crippen LogP contribution in [0.4, 0.5) is 14.7 Å². The maximum absolute atomic E-state index is 13.0. The average Bonchev–Trinajstić information content (AvgIpc) is 2.84. The van der Waals surface area contributed by atoms with E-state index in [-0.39, 0.29) is 18.1 Å². The van der Waals surface area contributed by atoms with Crippen molar-refractivity contribution in [3.8, 4) is 0 Å². The third kappa shape index (κ3) is 4.10. The summed E-state index contributed by atoms with van der Waals surface area (Å²) >= 11 is 0. The number of benzene rings is 1. The molecule has 1 aromatic heterocycles. The van der Waals surface area contributed by atoms with E-state index in [4.69, 9.17) is 5.73 Å². The molecular formula is C13H11F2N4O2. The molecule has 1 heterocycles. The molecule has 0 aliphatic carbocycles. The Morgan fingerprint density at radius 1 is 1.29 bits per heavy atom. The fraction of sp³-hybridized carbons (Fsp3) is 0.0769. The van der Waals surface area contributed by atoms with Gasteiger partial charge in [0.25, 0.3) is 5.91 Å². The molecule has 0 aliphatic rings. The molecule has 2 rings (SSSR count). The molecule has 0 spiro atoms. The predicted octanol–water partition coefficient (Wildman–Crippen LogP) is 1.17. The van der Waals surface area contributed by atoms with E-state index in [1.807, 2.05) is 0 Å². The van der Waals surface area contributed by atoms with Gasteiger partial charge in [0.1, 0.15) is 17.3 Å². The van der Waals surface area contributed by atoms with Crippen molar-refractivity contribution in [1.29, 1.82) is 0 Å². The molecule has 0 saturated heterocycles. The van der Waals surface area contributed by atoms with Gasteiger partial charge in [0, 0.05) is 12.3 Å². The highest BCUT2D eigenvalue weighted by molar-refractivity contribution is 5.97. The summed E-state index contributed by atoms with van der Waals surface area (Å²) in [5, 5.41) is 2.36. The highest BCUT2D eigenvalue weighted by Gasteiger charge is 2.10. The van der Waals surface area contributed by atoms with Gasteiger partial charge in [0.05, 0.1) is 6.42 Å². The van der Waals surface area contributed by atoms with Crippen LogP contribution < -0.4 is 11.1 Å². The maximum atomic E-state index is 13.0. The van der Waals surface area contributed by atoms with Crippen LogP contribution in [0.1, 0.15) is 16.1 Å². The molecule has 0 unspecified atom stereocenters. The molecule has 4 N–H and O–H groups in total. The van der Waals surface area contributed by atoms with Crippen LogP contribution >= 0.6 is 0 Å². The second-order valence-corrected chi connectivity index (χ2v) is 4.17. The van der Waals surface area contributed by atoms with Gasteiger partial charge in [-0.15, -0.1) is 0 Å². The number of halogens is 2. The number of carbonyl (C=O) groups excluding carboxylic acids is 2. The van der Waals surface area contributed by atoms with Crippen molar-refractivity contribution in [3.63, 3.8) is 0 Å². The SMILES string of the molecule is NC(=O)c1c[nH]c(NC(=O)[CH]Cc2cc(F)cc(F)c2)n1. The number of primary amides is 1. The monoisotopic (exact) mass is 293 g/mol. The standard InChI is InChI=1S/C13H11F2N4O2/c14-8-3-7(4-9(15)5-8)1-2-11(20)19-13-17-6-10(18-13)12(16)21/h2-6H,1H2,(H2,16,21)(H2,17,18,19,20). The third-order valence-corrected chi connectivity index (χ3v) is 2.52. The summed E-state index contributed by atoms with van der Waals surface area (Å²) < 4.78 is 25.9. The Morgan fingerprint density at radius 2 is 1.95 bits per heavy atom. The first-order chi connectivity index (χ1) is 9.94. The van der Waals surface area contributed by atoms with E-state index in [1.54, 1.807) is 0 Å². The van der Waals surface area contributed by atoms with Gasteiger partial charge >= 0.3 is 0 Å². The third-order valence-electron chi connectivity index (χ3n) is 2.52. The van der Waals surface area contributed by atoms with E-state index in [2.05, 4.69) is 15.3 Å². The fourth-order valence-corrected chi connectivity index (χ4v) is 1.62. The van der Waals surface area contributed by atoms with Crippen LogP contribution in [0.15, 0.2) is 24.4 Å². The van der Waals surface area contributed by atoms with E-state index in [0.29, 0.717) is 5.56 Å². The summed E-state index contributed by atoms with van der Waals surface area (Å²) in [6.07, 6.45) is 2.49. The number of amides is 2. The van der Waals surface area contributed by atoms with Crippen molar-refractivity contribution >= 4 is 17.8 Å². The quantitative estimate of drug-likeness (QED) is 0.771. The maximum Gasteiger partial charge on any atom is 0.268 e. The number of hydrogen-bond donors (Lipinski definition) is 3. The Hall–Kier alpha value is -2.77. The zero-order valence-corrected chi connectivity index (χ0v) is 10.7. The van der Waals surface area contributed by atoms with Crippen molar-refractivity contribution in [3.05, 3.63) is 53.7 Å². The molecule has 0 bridgehead atoms. The first kappa shape index (κ1) is 14.6. The van der Waals surface area contributed by atoms with Gasteiger partial charge in [-0.1, -0.05) is 0 Å². The number of nitrogens with two attached hydrogens (primary N) is 1. The minimum atomic E-state index is -0.731. The van der Waals surface area contributed by atoms with Crippen LogP contribution in [0, 0.1) is 18.1 Å². The Labute approximate surface area is 118 Å². The van der Waals surface area contributed by atoms with E-state index in [0.717, 1.165) is 18.2 Å². The molecule has 0 saturated carbocycles. The van der Waals surface area contributed by atoms with Crippen molar-refractivity contribution in [2.45, 2.75) is 6.42 Å². The van der Waals surface area contributed by atoms with Crippen LogP contribution in [-0.2, 0) is 11.2 Å². The van der Waals surface area contributed by atoms with E-state index >= 15 is 0 Å². The van der Waals surface area contributed by atoms with Gasteiger partial charge in [-0.2, -0.15) is 0 Å². The van der Waals surface area contributed by atoms with Gasteiger partial charge in [-0.05, 0) is 24.1 Å². The molecule has 0 aliphatic heterocycles. The minimum Gasteiger partial charge on any atom is -0.364 e. The number of nitrogens with zero attached hydrogens (tertiary/aromatic N) is 1. The number of anilines is 1. The molecule has 0 atom stereocenters. The number of rotatable bonds is 5. The fourth-order valence-electron chi connectivity index (χ4n) is 1.62. The van der Waals surface area contributed by atoms with Crippen LogP contribution in [0.3, 0.4) is 0 Å². The number of aromatic nitrogens is 2. The Morgan fingerprint density at radius 3 is 2.52 bits per heavy atom. The Kier molecular flexibility index (Phi) is 4.27. The summed E-state index contributed by atoms with van der Waals surface area (Å²) in [4.78, 5) is 28.7. The summed E-state index contributed by atoms with van der Waals surface area (Å²) in [5.74, 6) is -2.64. The van der Waals surface area contributed by atoms with Gasteiger partial charge in [0.2, 0.25) is 11.9 Å². The van der Waals surface area contributed by atoms with Crippen molar-refractivity contribution < 1.29 is 18.4 Å². The molecule has 21 heavy (non-hydrogen) atoms. The minimum absolute atomic E-state index is 0.0162. The Bertz CT molecular complexity index is 664. The van der Waals surface area contributed by atoms with Crippen LogP contribution in [-0.4, -0.2) is 21.8 Å². The normalized spacial score (nSPS) is 10.4. The van der Waals surface area contributed by atoms with Gasteiger partial charge in [-0.25, -0.2) is 13.8 Å². The molecule has 2 aromatic rings. The summed E-state index contributed by atoms with van der Waals surface area (Å²) in [5.41, 5.74) is 5.31. The molecule has 0 fully saturated rings. The van der Waals surface area contributed by atoms with Gasteiger partial charge < -0.3 is 10.7 Å². The van der Waals surface area contributed by atoms with Crippen LogP contribution in [0.2, 0.25) is 0 Å². The summed E-state index contributed by atoms with van der Waals surface area (Å²) in [7, 11) is 0. The van der Waals surface area contributed by atoms with Gasteiger partial charge in [-0.3, -0.25) is 14.9 Å². The highest BCUT2D eigenvalue weighted by Crippen LogP contribution is 2.10. The lowest BCUT2D eigenvalue weighted by atomic mass is 10.1. The first-order valence-electron chi connectivity index (χ1n) is 5.88. The first-order valence-corrected chi connectivity index (χ1v) is 5.88. The lowest BCUT2D eigenvalue weighted by molar-refractivity contribution is -0.113. The highest BCUT2D eigenvalue weighted by atomic mass is 19.1. The van der Waals surface area contributed by atoms with E-state index in [1.165, 1.54) is 12.6 Å². The van der Waals surface area contributed by atoms with Crippen molar-refractivity contribution in [1.82, 2.24) is 9.97 Å². The number of carbonyl (C=O) groups is 2. The predicted molar refractivity (Wildman–Crippen MR) is 70.1 cm³/mol. The second kappa shape index (κ2) is 6.12. The molecule has 2 amide bonds. The molecule has 1 aromatic carbocycles. The van der Waals surface area contributed by atoms with Crippen molar-refractivity contribution in [2.24, 2.45) is 5.73 Å². The van der Waals surface area contributed by atoms with Crippen molar-refractivity contribution in [2.75, 3.05) is 5.32 Å². The van der Waals surface area contributed by atoms with Crippen LogP contribution in [0.5, 0.6) is 0 Å². The van der Waals surface area contributed by atoms with Gasteiger partial charge in [0.15, 0.2) is 0 Å². The van der Waals surface area contributed by atoms with E-state index < -0.39 is 23.4 Å². The number of aromatic amines is 1. The number of nitrogens with one attached hydrogen (secondary N) is 2. The summed E-state index contributed by atoms with van der Waals surface area (Å²) in [6, 6.07) is 3.01. The summed E-state index contributed by atoms with van der Waals surface area (Å²) in [6.45, 7) is 0. The lowest BCUT2D eigenvalue weighted by Gasteiger charge is -2.03. The molecule has 1 radical (unpaired) electrons. The second-order valence-electron chi connectivity index (χ2n) is 4.17. The number of imidazole rings is 1. The Balaban J connectivity index is 1.90. The average molecular weight is 293 g/mol. The largest absolute Gasteiger partial charge is 0.364 e. The molecule has 6 nitrogen and oxygen atoms in total. The number of H-pyrrole nitrogens is 1. The number of hydrogen-bond acceptors (Lipinski definition) is 3. The molecule has 8 heteroatoms. The zero-order chi connectivity index (χ0) is 15.4. The molecular weight excluding hydrogens is 282 g/mol. The lowest BCUT2D eigenvalue weighted by Crippen LogP contribution is -2.15. The zero-order valence-electron chi connectivity index (χ0n) is 10.7. The topological polar surface area (TPSA) is 101 Å².